The summed E-state index contributed by atoms with van der Waals surface area (Å²) in [5.41, 5.74) is 0. The second-order valence-corrected chi connectivity index (χ2v) is 5.50. The van der Waals surface area contributed by atoms with Gasteiger partial charge in [0.1, 0.15) is 0 Å². The Hall–Kier alpha value is -0.200. The van der Waals surface area contributed by atoms with Crippen molar-refractivity contribution in [2.75, 3.05) is 78.7 Å². The second kappa shape index (κ2) is 9.66. The highest BCUT2D eigenvalue weighted by atomic mass is 16.5. The molecular formula is C14H30N4O. The molecule has 0 spiro atoms. The van der Waals surface area contributed by atoms with Crippen molar-refractivity contribution >= 4 is 0 Å². The van der Waals surface area contributed by atoms with Crippen molar-refractivity contribution in [2.45, 2.75) is 12.8 Å². The normalized spacial score (nSPS) is 32.8. The minimum atomic E-state index is 0.881. The maximum absolute atomic E-state index is 5.75. The van der Waals surface area contributed by atoms with Crippen LogP contribution in [0.15, 0.2) is 0 Å². The zero-order valence-electron chi connectivity index (χ0n) is 12.2. The number of hydrogen-bond donors (Lipinski definition) is 2. The van der Waals surface area contributed by atoms with Gasteiger partial charge in [0.05, 0.1) is 13.2 Å². The fourth-order valence-electron chi connectivity index (χ4n) is 2.74. The summed E-state index contributed by atoms with van der Waals surface area (Å²) in [5, 5.41) is 7.07. The fraction of sp³-hybridized carbons (Fsp3) is 1.00. The summed E-state index contributed by atoms with van der Waals surface area (Å²) in [6.45, 7) is 13.1. The average molecular weight is 270 g/mol. The van der Waals surface area contributed by atoms with Crippen LogP contribution in [0.1, 0.15) is 12.8 Å². The van der Waals surface area contributed by atoms with E-state index in [0.29, 0.717) is 0 Å². The lowest BCUT2D eigenvalue weighted by Gasteiger charge is -2.28. The minimum absolute atomic E-state index is 0.881. The van der Waals surface area contributed by atoms with Gasteiger partial charge in [-0.2, -0.15) is 0 Å². The Morgan fingerprint density at radius 1 is 0.579 bits per heavy atom. The number of nitrogens with zero attached hydrogens (tertiary/aromatic N) is 2. The van der Waals surface area contributed by atoms with Crippen LogP contribution < -0.4 is 10.6 Å². The monoisotopic (exact) mass is 270 g/mol. The van der Waals surface area contributed by atoms with Crippen molar-refractivity contribution in [3.63, 3.8) is 0 Å². The molecule has 2 atom stereocenters. The van der Waals surface area contributed by atoms with E-state index >= 15 is 0 Å². The molecule has 2 heterocycles. The topological polar surface area (TPSA) is 39.8 Å². The van der Waals surface area contributed by atoms with Gasteiger partial charge < -0.3 is 15.4 Å². The van der Waals surface area contributed by atoms with Gasteiger partial charge in [-0.05, 0) is 39.0 Å². The van der Waals surface area contributed by atoms with Crippen molar-refractivity contribution in [1.29, 1.82) is 0 Å². The first-order valence-electron chi connectivity index (χ1n) is 7.89. The summed E-state index contributed by atoms with van der Waals surface area (Å²) in [5.74, 6) is 0. The van der Waals surface area contributed by atoms with Crippen LogP contribution in [0.5, 0.6) is 0 Å². The van der Waals surface area contributed by atoms with E-state index in [1.165, 1.54) is 25.9 Å². The molecule has 0 saturated carbocycles. The Bertz CT molecular complexity index is 207. The quantitative estimate of drug-likeness (QED) is 0.626. The summed E-state index contributed by atoms with van der Waals surface area (Å²) < 4.78 is 5.75. The maximum atomic E-state index is 5.75. The Morgan fingerprint density at radius 3 is 1.74 bits per heavy atom. The summed E-state index contributed by atoms with van der Waals surface area (Å²) in [4.78, 5) is 5.08. The number of fused-ring (bicyclic) bond motifs is 4. The van der Waals surface area contributed by atoms with Crippen LogP contribution in [0, 0.1) is 0 Å². The van der Waals surface area contributed by atoms with Gasteiger partial charge in [-0.1, -0.05) is 0 Å². The zero-order chi connectivity index (χ0) is 13.2. The number of hydrogen-bond acceptors (Lipinski definition) is 5. The van der Waals surface area contributed by atoms with Crippen LogP contribution in [0.25, 0.3) is 0 Å². The van der Waals surface area contributed by atoms with Gasteiger partial charge in [-0.25, -0.2) is 0 Å². The first kappa shape index (κ1) is 15.2. The molecule has 2 unspecified atom stereocenters. The summed E-state index contributed by atoms with van der Waals surface area (Å²) >= 11 is 0. The van der Waals surface area contributed by atoms with Crippen LogP contribution >= 0.6 is 0 Å². The molecule has 0 aliphatic carbocycles. The molecular weight excluding hydrogens is 240 g/mol. The molecule has 2 fully saturated rings. The molecule has 2 aliphatic heterocycles. The molecule has 0 aromatic heterocycles. The van der Waals surface area contributed by atoms with Crippen molar-refractivity contribution in [2.24, 2.45) is 0 Å². The maximum Gasteiger partial charge on any atom is 0.0594 e. The number of ether oxygens (including phenoxy) is 1. The predicted molar refractivity (Wildman–Crippen MR) is 78.7 cm³/mol. The highest BCUT2D eigenvalue weighted by Crippen LogP contribution is 1.99. The Morgan fingerprint density at radius 2 is 1.16 bits per heavy atom. The van der Waals surface area contributed by atoms with Gasteiger partial charge in [0.25, 0.3) is 0 Å². The van der Waals surface area contributed by atoms with E-state index in [4.69, 9.17) is 4.74 Å². The van der Waals surface area contributed by atoms with Crippen LogP contribution in [-0.2, 0) is 4.74 Å². The molecule has 112 valence electrons. The molecule has 19 heavy (non-hydrogen) atoms. The van der Waals surface area contributed by atoms with Crippen LogP contribution in [0.3, 0.4) is 0 Å². The van der Waals surface area contributed by atoms with Gasteiger partial charge in [-0.3, -0.25) is 9.80 Å². The largest absolute Gasteiger partial charge is 0.379 e. The van der Waals surface area contributed by atoms with Crippen molar-refractivity contribution in [3.8, 4) is 0 Å². The van der Waals surface area contributed by atoms with E-state index in [-0.39, 0.29) is 0 Å². The third-order valence-corrected chi connectivity index (χ3v) is 3.97. The zero-order valence-corrected chi connectivity index (χ0v) is 12.2. The van der Waals surface area contributed by atoms with Crippen LogP contribution in [0.2, 0.25) is 0 Å². The van der Waals surface area contributed by atoms with Gasteiger partial charge in [-0.15, -0.1) is 0 Å². The van der Waals surface area contributed by atoms with E-state index in [1.807, 2.05) is 0 Å². The summed E-state index contributed by atoms with van der Waals surface area (Å²) in [6, 6.07) is 0. The molecule has 2 rings (SSSR count). The highest BCUT2D eigenvalue weighted by molar-refractivity contribution is 4.67. The Labute approximate surface area is 117 Å². The smallest absolute Gasteiger partial charge is 0.0594 e. The van der Waals surface area contributed by atoms with E-state index in [0.717, 1.165) is 65.6 Å². The lowest BCUT2D eigenvalue weighted by atomic mass is 10.3. The molecule has 2 saturated heterocycles. The standard InChI is InChI=1S/C14H30N4O/c1-3-15-5-9-17-7-2-8-18(10-6-16-4-1)12-14-19-13-11-17/h15-16H,1-14H2. The Balaban J connectivity index is 1.84. The SMILES string of the molecule is C1CNCCN2CCCN(CCNC1)CCOCC2. The molecule has 0 aromatic carbocycles. The lowest BCUT2D eigenvalue weighted by Crippen LogP contribution is -2.41. The summed E-state index contributed by atoms with van der Waals surface area (Å²) in [7, 11) is 0. The van der Waals surface area contributed by atoms with E-state index in [1.54, 1.807) is 0 Å². The van der Waals surface area contributed by atoms with Crippen molar-refractivity contribution in [3.05, 3.63) is 0 Å². The first-order valence-corrected chi connectivity index (χ1v) is 7.89. The van der Waals surface area contributed by atoms with E-state index < -0.39 is 0 Å². The third kappa shape index (κ3) is 6.68. The third-order valence-electron chi connectivity index (χ3n) is 3.97. The van der Waals surface area contributed by atoms with E-state index in [2.05, 4.69) is 20.4 Å². The van der Waals surface area contributed by atoms with E-state index in [9.17, 15) is 0 Å². The molecule has 5 nitrogen and oxygen atoms in total. The number of nitrogens with one attached hydrogen (secondary N) is 2. The Kier molecular flexibility index (Phi) is 7.73. The molecule has 5 heteroatoms. The first-order chi connectivity index (χ1) is 9.45. The van der Waals surface area contributed by atoms with Gasteiger partial charge in [0.15, 0.2) is 0 Å². The van der Waals surface area contributed by atoms with Gasteiger partial charge in [0.2, 0.25) is 0 Å². The summed E-state index contributed by atoms with van der Waals surface area (Å²) in [6.07, 6.45) is 2.50. The number of rotatable bonds is 0. The molecule has 2 aliphatic rings. The van der Waals surface area contributed by atoms with Crippen molar-refractivity contribution < 1.29 is 4.74 Å². The minimum Gasteiger partial charge on any atom is -0.379 e. The molecule has 2 N–H and O–H groups in total. The van der Waals surface area contributed by atoms with Crippen LogP contribution in [0.4, 0.5) is 0 Å². The lowest BCUT2D eigenvalue weighted by molar-refractivity contribution is 0.0699. The molecule has 0 amide bonds. The van der Waals surface area contributed by atoms with Crippen LogP contribution in [-0.4, -0.2) is 88.5 Å². The molecule has 0 aromatic rings. The average Bonchev–Trinajstić information content (AvgIpc) is 2.43. The second-order valence-electron chi connectivity index (χ2n) is 5.50. The highest BCUT2D eigenvalue weighted by Gasteiger charge is 2.11. The fourth-order valence-corrected chi connectivity index (χ4v) is 2.74. The predicted octanol–water partition coefficient (Wildman–Crippen LogP) is -0.406. The van der Waals surface area contributed by atoms with Crippen molar-refractivity contribution in [1.82, 2.24) is 20.4 Å². The van der Waals surface area contributed by atoms with Gasteiger partial charge in [0, 0.05) is 39.3 Å². The molecule has 2 bridgehead atoms. The molecule has 0 radical (unpaired) electrons. The van der Waals surface area contributed by atoms with Gasteiger partial charge >= 0.3 is 0 Å².